The van der Waals surface area contributed by atoms with E-state index < -0.39 is 5.97 Å². The minimum Gasteiger partial charge on any atom is -0.452 e. The molecule has 1 aliphatic rings. The van der Waals surface area contributed by atoms with Gasteiger partial charge >= 0.3 is 5.97 Å². The van der Waals surface area contributed by atoms with Crippen molar-refractivity contribution in [1.29, 1.82) is 0 Å². The number of carbonyl (C=O) groups excluding carboxylic acids is 2. The molecule has 3 aromatic rings. The van der Waals surface area contributed by atoms with Crippen LogP contribution in [0.3, 0.4) is 0 Å². The fourth-order valence-electron chi connectivity index (χ4n) is 3.84. The summed E-state index contributed by atoms with van der Waals surface area (Å²) in [6.45, 7) is 3.94. The van der Waals surface area contributed by atoms with Gasteiger partial charge in [-0.25, -0.2) is 9.18 Å². The molecular formula is C23H21FN2O3. The Balaban J connectivity index is 1.48. The summed E-state index contributed by atoms with van der Waals surface area (Å²) >= 11 is 0. The Bertz CT molecular complexity index is 1090. The fourth-order valence-corrected chi connectivity index (χ4v) is 3.84. The molecule has 148 valence electrons. The third-order valence-corrected chi connectivity index (χ3v) is 5.25. The lowest BCUT2D eigenvalue weighted by Crippen LogP contribution is -2.33. The van der Waals surface area contributed by atoms with Gasteiger partial charge in [-0.05, 0) is 62.2 Å². The van der Waals surface area contributed by atoms with Gasteiger partial charge < -0.3 is 14.2 Å². The Morgan fingerprint density at radius 1 is 1.07 bits per heavy atom. The van der Waals surface area contributed by atoms with Crippen molar-refractivity contribution >= 4 is 17.6 Å². The van der Waals surface area contributed by atoms with Gasteiger partial charge in [-0.15, -0.1) is 0 Å². The molecule has 5 nitrogen and oxygen atoms in total. The lowest BCUT2D eigenvalue weighted by atomic mass is 10.2. The summed E-state index contributed by atoms with van der Waals surface area (Å²) in [4.78, 5) is 26.8. The molecule has 0 spiro atoms. The standard InChI is InChI=1S/C23H21FN2O3/c1-15-13-20(16(2)26(15)19-9-7-18(24)8-10-19)23(28)29-14-22(27)25-12-11-17-5-3-4-6-21(17)25/h3-10,13H,11-12,14H2,1-2H3. The van der Waals surface area contributed by atoms with Gasteiger partial charge in [-0.2, -0.15) is 0 Å². The van der Waals surface area contributed by atoms with Gasteiger partial charge in [0.25, 0.3) is 5.91 Å². The minimum atomic E-state index is -0.549. The fraction of sp³-hybridized carbons (Fsp3) is 0.217. The van der Waals surface area contributed by atoms with Crippen molar-refractivity contribution in [3.05, 3.63) is 82.9 Å². The van der Waals surface area contributed by atoms with E-state index in [9.17, 15) is 14.0 Å². The number of hydrogen-bond acceptors (Lipinski definition) is 3. The molecule has 0 N–H and O–H groups in total. The van der Waals surface area contributed by atoms with Gasteiger partial charge in [0.2, 0.25) is 0 Å². The second-order valence-electron chi connectivity index (χ2n) is 7.10. The van der Waals surface area contributed by atoms with Crippen LogP contribution in [-0.2, 0) is 16.0 Å². The number of esters is 1. The number of anilines is 1. The maximum atomic E-state index is 13.2. The van der Waals surface area contributed by atoms with Gasteiger partial charge in [-0.1, -0.05) is 18.2 Å². The Morgan fingerprint density at radius 2 is 1.79 bits per heavy atom. The molecule has 1 aromatic heterocycles. The predicted octanol–water partition coefficient (Wildman–Crippen LogP) is 3.98. The summed E-state index contributed by atoms with van der Waals surface area (Å²) < 4.78 is 20.4. The normalized spacial score (nSPS) is 12.7. The maximum absolute atomic E-state index is 13.2. The zero-order valence-electron chi connectivity index (χ0n) is 16.3. The summed E-state index contributed by atoms with van der Waals surface area (Å²) in [5, 5.41) is 0. The Labute approximate surface area is 168 Å². The van der Waals surface area contributed by atoms with E-state index in [0.717, 1.165) is 29.1 Å². The van der Waals surface area contributed by atoms with Crippen LogP contribution in [0, 0.1) is 19.7 Å². The number of fused-ring (bicyclic) bond motifs is 1. The summed E-state index contributed by atoms with van der Waals surface area (Å²) in [7, 11) is 0. The van der Waals surface area contributed by atoms with Crippen molar-refractivity contribution in [2.24, 2.45) is 0 Å². The second kappa shape index (κ2) is 7.54. The predicted molar refractivity (Wildman–Crippen MR) is 108 cm³/mol. The molecule has 4 rings (SSSR count). The average Bonchev–Trinajstić information content (AvgIpc) is 3.28. The Morgan fingerprint density at radius 3 is 2.55 bits per heavy atom. The van der Waals surface area contributed by atoms with Gasteiger partial charge in [0.1, 0.15) is 5.82 Å². The molecule has 1 amide bonds. The number of ether oxygens (including phenoxy) is 1. The number of aryl methyl sites for hydroxylation is 1. The van der Waals surface area contributed by atoms with Crippen LogP contribution in [0.15, 0.2) is 54.6 Å². The number of hydrogen-bond donors (Lipinski definition) is 0. The molecule has 0 saturated carbocycles. The molecular weight excluding hydrogens is 371 g/mol. The van der Waals surface area contributed by atoms with Crippen molar-refractivity contribution in [2.75, 3.05) is 18.1 Å². The highest BCUT2D eigenvalue weighted by Crippen LogP contribution is 2.27. The van der Waals surface area contributed by atoms with E-state index in [4.69, 9.17) is 4.74 Å². The highest BCUT2D eigenvalue weighted by atomic mass is 19.1. The van der Waals surface area contributed by atoms with E-state index in [0.29, 0.717) is 17.8 Å². The summed E-state index contributed by atoms with van der Waals surface area (Å²) in [6, 6.07) is 15.5. The van der Waals surface area contributed by atoms with Crippen LogP contribution in [0.5, 0.6) is 0 Å². The van der Waals surface area contributed by atoms with E-state index >= 15 is 0 Å². The van der Waals surface area contributed by atoms with Crippen molar-refractivity contribution < 1.29 is 18.7 Å². The summed E-state index contributed by atoms with van der Waals surface area (Å²) in [6.07, 6.45) is 0.800. The largest absolute Gasteiger partial charge is 0.452 e. The quantitative estimate of drug-likeness (QED) is 0.631. The van der Waals surface area contributed by atoms with Crippen molar-refractivity contribution in [3.8, 4) is 5.69 Å². The highest BCUT2D eigenvalue weighted by molar-refractivity contribution is 5.99. The average molecular weight is 392 g/mol. The van der Waals surface area contributed by atoms with Crippen LogP contribution in [0.1, 0.15) is 27.3 Å². The lowest BCUT2D eigenvalue weighted by molar-refractivity contribution is -0.121. The first kappa shape index (κ1) is 18.9. The zero-order chi connectivity index (χ0) is 20.5. The van der Waals surface area contributed by atoms with E-state index in [-0.39, 0.29) is 18.3 Å². The Kier molecular flexibility index (Phi) is 4.92. The molecule has 0 atom stereocenters. The molecule has 0 radical (unpaired) electrons. The lowest BCUT2D eigenvalue weighted by Gasteiger charge is -2.17. The van der Waals surface area contributed by atoms with Crippen LogP contribution < -0.4 is 4.90 Å². The monoisotopic (exact) mass is 392 g/mol. The second-order valence-corrected chi connectivity index (χ2v) is 7.10. The molecule has 2 aromatic carbocycles. The van der Waals surface area contributed by atoms with Crippen LogP contribution >= 0.6 is 0 Å². The first-order valence-electron chi connectivity index (χ1n) is 9.46. The van der Waals surface area contributed by atoms with E-state index in [2.05, 4.69) is 0 Å². The van der Waals surface area contributed by atoms with Crippen LogP contribution in [0.2, 0.25) is 0 Å². The minimum absolute atomic E-state index is 0.240. The first-order valence-corrected chi connectivity index (χ1v) is 9.46. The van der Waals surface area contributed by atoms with Crippen molar-refractivity contribution in [1.82, 2.24) is 4.57 Å². The van der Waals surface area contributed by atoms with Gasteiger partial charge in [-0.3, -0.25) is 4.79 Å². The molecule has 0 unspecified atom stereocenters. The zero-order valence-corrected chi connectivity index (χ0v) is 16.3. The molecule has 2 heterocycles. The summed E-state index contributed by atoms with van der Waals surface area (Å²) in [5.74, 6) is -1.11. The number of nitrogens with zero attached hydrogens (tertiary/aromatic N) is 2. The summed E-state index contributed by atoms with van der Waals surface area (Å²) in [5.41, 5.74) is 4.64. The number of para-hydroxylation sites is 1. The SMILES string of the molecule is Cc1cc(C(=O)OCC(=O)N2CCc3ccccc32)c(C)n1-c1ccc(F)cc1. The van der Waals surface area contributed by atoms with Crippen LogP contribution in [0.25, 0.3) is 5.69 Å². The molecule has 29 heavy (non-hydrogen) atoms. The third kappa shape index (κ3) is 3.53. The molecule has 0 bridgehead atoms. The number of amides is 1. The van der Waals surface area contributed by atoms with Crippen molar-refractivity contribution in [2.45, 2.75) is 20.3 Å². The highest BCUT2D eigenvalue weighted by Gasteiger charge is 2.26. The molecule has 0 aliphatic carbocycles. The van der Waals surface area contributed by atoms with Gasteiger partial charge in [0.15, 0.2) is 6.61 Å². The molecule has 6 heteroatoms. The number of halogens is 1. The number of rotatable bonds is 4. The van der Waals surface area contributed by atoms with E-state index in [1.54, 1.807) is 30.0 Å². The van der Waals surface area contributed by atoms with E-state index in [1.807, 2.05) is 35.8 Å². The number of aromatic nitrogens is 1. The van der Waals surface area contributed by atoms with Crippen LogP contribution in [-0.4, -0.2) is 29.6 Å². The topological polar surface area (TPSA) is 51.5 Å². The first-order chi connectivity index (χ1) is 14.0. The molecule has 0 fully saturated rings. The number of carbonyl (C=O) groups is 2. The van der Waals surface area contributed by atoms with Crippen LogP contribution in [0.4, 0.5) is 10.1 Å². The van der Waals surface area contributed by atoms with Gasteiger partial charge in [0, 0.05) is 29.3 Å². The van der Waals surface area contributed by atoms with Crippen molar-refractivity contribution in [3.63, 3.8) is 0 Å². The maximum Gasteiger partial charge on any atom is 0.340 e. The smallest absolute Gasteiger partial charge is 0.340 e. The van der Waals surface area contributed by atoms with Gasteiger partial charge in [0.05, 0.1) is 5.56 Å². The third-order valence-electron chi connectivity index (χ3n) is 5.25. The van der Waals surface area contributed by atoms with E-state index in [1.165, 1.54) is 12.1 Å². The molecule has 1 aliphatic heterocycles. The number of benzene rings is 2. The molecule has 0 saturated heterocycles. The Hall–Kier alpha value is -3.41.